The Hall–Kier alpha value is -2.40. The van der Waals surface area contributed by atoms with Crippen LogP contribution in [-0.2, 0) is 10.3 Å². The number of amides is 1. The van der Waals surface area contributed by atoms with Crippen LogP contribution in [0.25, 0.3) is 0 Å². The highest BCUT2D eigenvalue weighted by Crippen LogP contribution is 2.24. The van der Waals surface area contributed by atoms with Crippen molar-refractivity contribution in [3.63, 3.8) is 0 Å². The van der Waals surface area contributed by atoms with Crippen molar-refractivity contribution < 1.29 is 9.18 Å². The standard InChI is InChI=1S/C16H18FN3O/c1-20(14-10-6-5-9-13(14)17)11-16(19,15(18)21)12-7-3-2-4-8-12/h2-10H,11,19H2,1H3,(H2,18,21). The molecule has 2 rings (SSSR count). The van der Waals surface area contributed by atoms with Gasteiger partial charge in [-0.15, -0.1) is 0 Å². The van der Waals surface area contributed by atoms with Gasteiger partial charge in [-0.2, -0.15) is 0 Å². The summed E-state index contributed by atoms with van der Waals surface area (Å²) in [6.45, 7) is 0.0767. The highest BCUT2D eigenvalue weighted by atomic mass is 19.1. The lowest BCUT2D eigenvalue weighted by molar-refractivity contribution is -0.123. The van der Waals surface area contributed by atoms with E-state index in [9.17, 15) is 9.18 Å². The Bertz CT molecular complexity index is 632. The summed E-state index contributed by atoms with van der Waals surface area (Å²) in [5, 5.41) is 0. The zero-order valence-corrected chi connectivity index (χ0v) is 11.8. The average molecular weight is 287 g/mol. The van der Waals surface area contributed by atoms with Gasteiger partial charge in [0.25, 0.3) is 0 Å². The number of anilines is 1. The summed E-state index contributed by atoms with van der Waals surface area (Å²) in [7, 11) is 1.67. The van der Waals surface area contributed by atoms with Gasteiger partial charge in [0, 0.05) is 13.6 Å². The molecule has 0 fully saturated rings. The predicted molar refractivity (Wildman–Crippen MR) is 81.2 cm³/mol. The van der Waals surface area contributed by atoms with E-state index in [4.69, 9.17) is 11.5 Å². The third-order valence-electron chi connectivity index (χ3n) is 3.48. The minimum absolute atomic E-state index is 0.0767. The van der Waals surface area contributed by atoms with Gasteiger partial charge in [-0.3, -0.25) is 4.79 Å². The maximum absolute atomic E-state index is 13.8. The summed E-state index contributed by atoms with van der Waals surface area (Å²) in [6.07, 6.45) is 0. The first kappa shape index (κ1) is 15.0. The minimum atomic E-state index is -1.39. The Labute approximate surface area is 123 Å². The lowest BCUT2D eigenvalue weighted by Crippen LogP contribution is -2.56. The van der Waals surface area contributed by atoms with Crippen LogP contribution in [0, 0.1) is 5.82 Å². The van der Waals surface area contributed by atoms with Gasteiger partial charge in [0.15, 0.2) is 0 Å². The first-order chi connectivity index (χ1) is 9.95. The molecule has 0 aliphatic carbocycles. The molecule has 4 nitrogen and oxygen atoms in total. The Kier molecular flexibility index (Phi) is 4.23. The number of nitrogens with zero attached hydrogens (tertiary/aromatic N) is 1. The van der Waals surface area contributed by atoms with Crippen LogP contribution >= 0.6 is 0 Å². The third-order valence-corrected chi connectivity index (χ3v) is 3.48. The molecule has 0 saturated carbocycles. The number of rotatable bonds is 5. The lowest BCUT2D eigenvalue weighted by Gasteiger charge is -2.32. The van der Waals surface area contributed by atoms with E-state index in [2.05, 4.69) is 0 Å². The number of likely N-dealkylation sites (N-methyl/N-ethyl adjacent to an activating group) is 1. The number of hydrogen-bond acceptors (Lipinski definition) is 3. The minimum Gasteiger partial charge on any atom is -0.369 e. The monoisotopic (exact) mass is 287 g/mol. The molecule has 4 N–H and O–H groups in total. The van der Waals surface area contributed by atoms with Crippen molar-refractivity contribution >= 4 is 11.6 Å². The van der Waals surface area contributed by atoms with Gasteiger partial charge in [0.1, 0.15) is 11.4 Å². The highest BCUT2D eigenvalue weighted by Gasteiger charge is 2.35. The van der Waals surface area contributed by atoms with Gasteiger partial charge in [0.2, 0.25) is 5.91 Å². The second kappa shape index (κ2) is 5.93. The second-order valence-electron chi connectivity index (χ2n) is 5.01. The van der Waals surface area contributed by atoms with Crippen molar-refractivity contribution in [2.75, 3.05) is 18.5 Å². The van der Waals surface area contributed by atoms with Crippen molar-refractivity contribution in [2.24, 2.45) is 11.5 Å². The second-order valence-corrected chi connectivity index (χ2v) is 5.01. The summed E-state index contributed by atoms with van der Waals surface area (Å²) in [4.78, 5) is 13.4. The number of nitrogens with two attached hydrogens (primary N) is 2. The fraction of sp³-hybridized carbons (Fsp3) is 0.188. The van der Waals surface area contributed by atoms with Crippen molar-refractivity contribution in [3.05, 3.63) is 66.0 Å². The summed E-state index contributed by atoms with van der Waals surface area (Å²) in [6, 6.07) is 15.2. The van der Waals surface area contributed by atoms with Crippen LogP contribution in [0.3, 0.4) is 0 Å². The van der Waals surface area contributed by atoms with Gasteiger partial charge < -0.3 is 16.4 Å². The molecule has 0 radical (unpaired) electrons. The maximum Gasteiger partial charge on any atom is 0.243 e. The molecular formula is C16H18FN3O. The molecular weight excluding hydrogens is 269 g/mol. The van der Waals surface area contributed by atoms with E-state index >= 15 is 0 Å². The third kappa shape index (κ3) is 3.03. The van der Waals surface area contributed by atoms with Crippen LogP contribution < -0.4 is 16.4 Å². The summed E-state index contributed by atoms with van der Waals surface area (Å²) < 4.78 is 13.8. The summed E-state index contributed by atoms with van der Waals surface area (Å²) in [5.74, 6) is -1.03. The molecule has 0 aliphatic rings. The number of benzene rings is 2. The van der Waals surface area contributed by atoms with E-state index in [-0.39, 0.29) is 12.4 Å². The smallest absolute Gasteiger partial charge is 0.243 e. The first-order valence-corrected chi connectivity index (χ1v) is 6.55. The number of carbonyl (C=O) groups is 1. The van der Waals surface area contributed by atoms with Crippen LogP contribution in [0.1, 0.15) is 5.56 Å². The zero-order chi connectivity index (χ0) is 15.5. The average Bonchev–Trinajstić information content (AvgIpc) is 2.48. The molecule has 0 heterocycles. The Balaban J connectivity index is 2.33. The number of carbonyl (C=O) groups excluding carboxylic acids is 1. The topological polar surface area (TPSA) is 72.3 Å². The Morgan fingerprint density at radius 2 is 1.71 bits per heavy atom. The first-order valence-electron chi connectivity index (χ1n) is 6.55. The number of halogens is 1. The van der Waals surface area contributed by atoms with E-state index in [0.717, 1.165) is 0 Å². The van der Waals surface area contributed by atoms with Crippen molar-refractivity contribution in [1.29, 1.82) is 0 Å². The van der Waals surface area contributed by atoms with E-state index in [1.54, 1.807) is 54.4 Å². The Morgan fingerprint density at radius 3 is 2.29 bits per heavy atom. The fourth-order valence-corrected chi connectivity index (χ4v) is 2.27. The van der Waals surface area contributed by atoms with Crippen LogP contribution in [0.4, 0.5) is 10.1 Å². The van der Waals surface area contributed by atoms with E-state index in [1.165, 1.54) is 6.07 Å². The molecule has 1 amide bonds. The van der Waals surface area contributed by atoms with Gasteiger partial charge in [-0.1, -0.05) is 42.5 Å². The molecule has 0 saturated heterocycles. The van der Waals surface area contributed by atoms with Crippen LogP contribution in [0.2, 0.25) is 0 Å². The van der Waals surface area contributed by atoms with Gasteiger partial charge in [-0.05, 0) is 17.7 Å². The molecule has 1 unspecified atom stereocenters. The maximum atomic E-state index is 13.8. The van der Waals surface area contributed by atoms with Gasteiger partial charge in [0.05, 0.1) is 5.69 Å². The molecule has 2 aromatic carbocycles. The molecule has 0 bridgehead atoms. The van der Waals surface area contributed by atoms with Gasteiger partial charge in [-0.25, -0.2) is 4.39 Å². The molecule has 110 valence electrons. The molecule has 1 atom stereocenters. The van der Waals surface area contributed by atoms with E-state index in [0.29, 0.717) is 11.3 Å². The fourth-order valence-electron chi connectivity index (χ4n) is 2.27. The summed E-state index contributed by atoms with van der Waals surface area (Å²) >= 11 is 0. The van der Waals surface area contributed by atoms with Crippen molar-refractivity contribution in [2.45, 2.75) is 5.54 Å². The number of para-hydroxylation sites is 1. The van der Waals surface area contributed by atoms with E-state index in [1.807, 2.05) is 6.07 Å². The number of primary amides is 1. The number of hydrogen-bond donors (Lipinski definition) is 2. The SMILES string of the molecule is CN(CC(N)(C(N)=O)c1ccccc1)c1ccccc1F. The molecule has 2 aromatic rings. The largest absolute Gasteiger partial charge is 0.369 e. The normalized spacial score (nSPS) is 13.5. The predicted octanol–water partition coefficient (Wildman–Crippen LogP) is 1.60. The van der Waals surface area contributed by atoms with E-state index < -0.39 is 11.4 Å². The highest BCUT2D eigenvalue weighted by molar-refractivity contribution is 5.86. The van der Waals surface area contributed by atoms with Crippen LogP contribution in [-0.4, -0.2) is 19.5 Å². The summed E-state index contributed by atoms with van der Waals surface area (Å²) in [5.41, 5.74) is 11.3. The zero-order valence-electron chi connectivity index (χ0n) is 11.8. The molecule has 21 heavy (non-hydrogen) atoms. The van der Waals surface area contributed by atoms with Crippen molar-refractivity contribution in [1.82, 2.24) is 0 Å². The van der Waals surface area contributed by atoms with Gasteiger partial charge >= 0.3 is 0 Å². The van der Waals surface area contributed by atoms with Crippen LogP contribution in [0.15, 0.2) is 54.6 Å². The van der Waals surface area contributed by atoms with Crippen molar-refractivity contribution in [3.8, 4) is 0 Å². The van der Waals surface area contributed by atoms with Crippen LogP contribution in [0.5, 0.6) is 0 Å². The molecule has 0 aliphatic heterocycles. The quantitative estimate of drug-likeness (QED) is 0.877. The Morgan fingerprint density at radius 1 is 1.14 bits per heavy atom. The lowest BCUT2D eigenvalue weighted by atomic mass is 9.89. The molecule has 5 heteroatoms. The molecule has 0 spiro atoms. The molecule has 0 aromatic heterocycles.